The lowest BCUT2D eigenvalue weighted by atomic mass is 9.97. The van der Waals surface area contributed by atoms with Crippen LogP contribution in [0.3, 0.4) is 0 Å². The molecule has 1 aliphatic rings. The lowest BCUT2D eigenvalue weighted by Gasteiger charge is -2.31. The Kier molecular flexibility index (Phi) is 5.04. The Hall–Kier alpha value is -2.18. The van der Waals surface area contributed by atoms with Gasteiger partial charge in [-0.05, 0) is 44.5 Å². The Morgan fingerprint density at radius 1 is 1.23 bits per heavy atom. The van der Waals surface area contributed by atoms with Crippen LogP contribution in [0.25, 0.3) is 10.8 Å². The maximum absolute atomic E-state index is 6.00. The molecule has 1 saturated heterocycles. The third-order valence-corrected chi connectivity index (χ3v) is 5.82. The molecule has 0 spiro atoms. The molecule has 3 aromatic rings. The first-order chi connectivity index (χ1) is 12.7. The minimum atomic E-state index is 0.292. The van der Waals surface area contributed by atoms with Crippen molar-refractivity contribution in [3.63, 3.8) is 0 Å². The third-order valence-electron chi connectivity index (χ3n) is 4.83. The number of methoxy groups -OCH3 is 1. The number of para-hydroxylation sites is 1. The van der Waals surface area contributed by atoms with Gasteiger partial charge in [0, 0.05) is 23.5 Å². The van der Waals surface area contributed by atoms with Crippen LogP contribution in [0.4, 0.5) is 0 Å². The monoisotopic (exact) mass is 369 g/mol. The summed E-state index contributed by atoms with van der Waals surface area (Å²) >= 11 is 1.69. The van der Waals surface area contributed by atoms with Crippen molar-refractivity contribution in [2.45, 2.75) is 32.2 Å². The lowest BCUT2D eigenvalue weighted by molar-refractivity contribution is 0.184. The molecule has 26 heavy (non-hydrogen) atoms. The van der Waals surface area contributed by atoms with E-state index in [2.05, 4.69) is 40.2 Å². The molecular weight excluding hydrogens is 346 g/mol. The molecule has 5 nitrogen and oxygen atoms in total. The Balaban J connectivity index is 1.46. The fraction of sp³-hybridized carbons (Fsp3) is 0.400. The number of aryl methyl sites for hydroxylation is 1. The predicted octanol–water partition coefficient (Wildman–Crippen LogP) is 4.49. The molecule has 6 heteroatoms. The van der Waals surface area contributed by atoms with E-state index in [1.165, 1.54) is 10.4 Å². The molecule has 4 rings (SSSR count). The maximum atomic E-state index is 6.00. The van der Waals surface area contributed by atoms with Crippen molar-refractivity contribution in [1.29, 1.82) is 0 Å². The summed E-state index contributed by atoms with van der Waals surface area (Å²) in [6, 6.07) is 12.3. The summed E-state index contributed by atoms with van der Waals surface area (Å²) in [5, 5.41) is 8.61. The molecule has 0 amide bonds. The molecule has 1 fully saturated rings. The Morgan fingerprint density at radius 2 is 2.12 bits per heavy atom. The van der Waals surface area contributed by atoms with Crippen molar-refractivity contribution in [1.82, 2.24) is 15.1 Å². The fourth-order valence-electron chi connectivity index (χ4n) is 3.52. The number of benzene rings is 1. The van der Waals surface area contributed by atoms with Gasteiger partial charge in [-0.1, -0.05) is 18.2 Å². The van der Waals surface area contributed by atoms with Crippen LogP contribution in [0.15, 0.2) is 40.8 Å². The smallest absolute Gasteiger partial charge is 0.257 e. The van der Waals surface area contributed by atoms with Crippen LogP contribution in [0.1, 0.15) is 35.1 Å². The van der Waals surface area contributed by atoms with E-state index in [4.69, 9.17) is 9.15 Å². The predicted molar refractivity (Wildman–Crippen MR) is 103 cm³/mol. The normalized spacial score (nSPS) is 18.2. The van der Waals surface area contributed by atoms with Gasteiger partial charge in [-0.15, -0.1) is 21.5 Å². The molecule has 2 aromatic heterocycles. The van der Waals surface area contributed by atoms with E-state index in [9.17, 15) is 0 Å². The number of likely N-dealkylation sites (tertiary alicyclic amines) is 1. The molecule has 0 unspecified atom stereocenters. The van der Waals surface area contributed by atoms with Crippen molar-refractivity contribution >= 4 is 11.3 Å². The summed E-state index contributed by atoms with van der Waals surface area (Å²) in [7, 11) is 1.73. The zero-order valence-corrected chi connectivity index (χ0v) is 16.0. The van der Waals surface area contributed by atoms with Crippen LogP contribution in [0.2, 0.25) is 0 Å². The van der Waals surface area contributed by atoms with Gasteiger partial charge in [0.15, 0.2) is 0 Å². The topological polar surface area (TPSA) is 51.4 Å². The first-order valence-electron chi connectivity index (χ1n) is 8.97. The van der Waals surface area contributed by atoms with Gasteiger partial charge >= 0.3 is 0 Å². The van der Waals surface area contributed by atoms with Crippen LogP contribution in [0, 0.1) is 6.92 Å². The molecular formula is C20H23N3O2S. The molecule has 136 valence electrons. The highest BCUT2D eigenvalue weighted by Gasteiger charge is 2.26. The van der Waals surface area contributed by atoms with Crippen LogP contribution in [-0.4, -0.2) is 35.3 Å². The van der Waals surface area contributed by atoms with Gasteiger partial charge in [-0.25, -0.2) is 0 Å². The number of nitrogens with zero attached hydrogens (tertiary/aromatic N) is 3. The van der Waals surface area contributed by atoms with E-state index in [0.717, 1.165) is 49.0 Å². The first-order valence-corrected chi connectivity index (χ1v) is 9.79. The summed E-state index contributed by atoms with van der Waals surface area (Å²) in [6.07, 6.45) is 2.23. The number of thiophene rings is 1. The second kappa shape index (κ2) is 7.60. The van der Waals surface area contributed by atoms with Crippen molar-refractivity contribution in [2.75, 3.05) is 20.2 Å². The standard InChI is InChI=1S/C20H23N3O2S/c1-14-9-10-18(26-14)20-22-21-19(25-20)16-7-5-11-23(13-16)12-15-6-3-4-8-17(15)24-2/h3-4,6,8-10,16H,5,7,11-13H2,1-2H3/t16-/m0/s1. The zero-order valence-electron chi connectivity index (χ0n) is 15.1. The SMILES string of the molecule is COc1ccccc1CN1CCC[C@H](c2nnc(-c3ccc(C)s3)o2)C1. The third kappa shape index (κ3) is 3.66. The Bertz CT molecular complexity index is 873. The van der Waals surface area contributed by atoms with Crippen molar-refractivity contribution in [3.8, 4) is 16.5 Å². The Labute approximate surface area is 157 Å². The van der Waals surface area contributed by atoms with Gasteiger partial charge in [-0.2, -0.15) is 0 Å². The highest BCUT2D eigenvalue weighted by atomic mass is 32.1. The molecule has 0 bridgehead atoms. The fourth-order valence-corrected chi connectivity index (χ4v) is 4.31. The van der Waals surface area contributed by atoms with Gasteiger partial charge in [0.05, 0.1) is 17.9 Å². The van der Waals surface area contributed by atoms with E-state index in [1.807, 2.05) is 18.2 Å². The minimum absolute atomic E-state index is 0.292. The number of hydrogen-bond donors (Lipinski definition) is 0. The highest BCUT2D eigenvalue weighted by Crippen LogP contribution is 2.32. The molecule has 3 heterocycles. The maximum Gasteiger partial charge on any atom is 0.257 e. The molecule has 1 atom stereocenters. The zero-order chi connectivity index (χ0) is 17.9. The molecule has 0 saturated carbocycles. The van der Waals surface area contributed by atoms with Gasteiger partial charge in [0.1, 0.15) is 5.75 Å². The quantitative estimate of drug-likeness (QED) is 0.663. The first kappa shape index (κ1) is 17.2. The second-order valence-corrected chi connectivity index (χ2v) is 8.03. The number of ether oxygens (including phenoxy) is 1. The average Bonchev–Trinajstić information content (AvgIpc) is 3.31. The summed E-state index contributed by atoms with van der Waals surface area (Å²) in [4.78, 5) is 4.74. The summed E-state index contributed by atoms with van der Waals surface area (Å²) in [5.74, 6) is 2.64. The Morgan fingerprint density at radius 3 is 2.92 bits per heavy atom. The number of piperidine rings is 1. The number of hydrogen-bond acceptors (Lipinski definition) is 6. The molecule has 1 aliphatic heterocycles. The summed E-state index contributed by atoms with van der Waals surface area (Å²) < 4.78 is 11.5. The highest BCUT2D eigenvalue weighted by molar-refractivity contribution is 7.15. The largest absolute Gasteiger partial charge is 0.496 e. The van der Waals surface area contributed by atoms with E-state index < -0.39 is 0 Å². The van der Waals surface area contributed by atoms with E-state index in [1.54, 1.807) is 18.4 Å². The van der Waals surface area contributed by atoms with Crippen molar-refractivity contribution in [2.24, 2.45) is 0 Å². The van der Waals surface area contributed by atoms with Crippen LogP contribution < -0.4 is 4.74 Å². The van der Waals surface area contributed by atoms with Gasteiger partial charge in [-0.3, -0.25) is 4.90 Å². The average molecular weight is 369 g/mol. The van der Waals surface area contributed by atoms with Crippen LogP contribution in [0.5, 0.6) is 5.75 Å². The van der Waals surface area contributed by atoms with Gasteiger partial charge in [0.2, 0.25) is 5.89 Å². The lowest BCUT2D eigenvalue weighted by Crippen LogP contribution is -2.34. The minimum Gasteiger partial charge on any atom is -0.496 e. The van der Waals surface area contributed by atoms with Gasteiger partial charge < -0.3 is 9.15 Å². The summed E-state index contributed by atoms with van der Waals surface area (Å²) in [5.41, 5.74) is 1.22. The van der Waals surface area contributed by atoms with Gasteiger partial charge in [0.25, 0.3) is 5.89 Å². The van der Waals surface area contributed by atoms with E-state index in [-0.39, 0.29) is 0 Å². The molecule has 0 N–H and O–H groups in total. The molecule has 0 aliphatic carbocycles. The van der Waals surface area contributed by atoms with Crippen LogP contribution in [-0.2, 0) is 6.54 Å². The summed E-state index contributed by atoms with van der Waals surface area (Å²) in [6.45, 7) is 4.98. The van der Waals surface area contributed by atoms with Crippen molar-refractivity contribution < 1.29 is 9.15 Å². The number of aromatic nitrogens is 2. The molecule has 0 radical (unpaired) electrons. The second-order valence-electron chi connectivity index (χ2n) is 6.74. The number of rotatable bonds is 5. The van der Waals surface area contributed by atoms with Crippen LogP contribution >= 0.6 is 11.3 Å². The van der Waals surface area contributed by atoms with E-state index >= 15 is 0 Å². The van der Waals surface area contributed by atoms with Crippen molar-refractivity contribution in [3.05, 3.63) is 52.7 Å². The molecule has 1 aromatic carbocycles. The van der Waals surface area contributed by atoms with E-state index in [0.29, 0.717) is 11.8 Å².